The van der Waals surface area contributed by atoms with Gasteiger partial charge in [0.15, 0.2) is 0 Å². The van der Waals surface area contributed by atoms with E-state index in [4.69, 9.17) is 5.26 Å². The van der Waals surface area contributed by atoms with Gasteiger partial charge in [0, 0.05) is 28.4 Å². The van der Waals surface area contributed by atoms with Crippen LogP contribution in [0.2, 0.25) is 0 Å². The van der Waals surface area contributed by atoms with Crippen LogP contribution in [0.5, 0.6) is 0 Å². The second-order valence-corrected chi connectivity index (χ2v) is 8.91. The molecule has 0 spiro atoms. The Kier molecular flexibility index (Phi) is 5.33. The third kappa shape index (κ3) is 4.23. The molecule has 4 nitrogen and oxygen atoms in total. The van der Waals surface area contributed by atoms with Crippen molar-refractivity contribution in [2.45, 2.75) is 31.2 Å². The Hall–Kier alpha value is -3.14. The summed E-state index contributed by atoms with van der Waals surface area (Å²) in [6.07, 6.45) is 3.43. The Balaban J connectivity index is 1.69. The van der Waals surface area contributed by atoms with Gasteiger partial charge >= 0.3 is 0 Å². The quantitative estimate of drug-likeness (QED) is 0.410. The first-order valence-corrected chi connectivity index (χ1v) is 10.4. The molecule has 2 heterocycles. The zero-order valence-electron chi connectivity index (χ0n) is 17.0. The third-order valence-electron chi connectivity index (χ3n) is 4.49. The van der Waals surface area contributed by atoms with Gasteiger partial charge < -0.3 is 4.40 Å². The molecular formula is C24H21FN4S. The van der Waals surface area contributed by atoms with Gasteiger partial charge in [0.25, 0.3) is 0 Å². The van der Waals surface area contributed by atoms with Crippen LogP contribution in [0.3, 0.4) is 0 Å². The van der Waals surface area contributed by atoms with Crippen molar-refractivity contribution in [3.05, 3.63) is 78.4 Å². The number of halogens is 1. The highest BCUT2D eigenvalue weighted by Crippen LogP contribution is 2.33. The fourth-order valence-electron chi connectivity index (χ4n) is 3.08. The number of nitrogens with zero attached hydrogens (tertiary/aromatic N) is 3. The molecule has 150 valence electrons. The predicted molar refractivity (Wildman–Crippen MR) is 119 cm³/mol. The second-order valence-electron chi connectivity index (χ2n) is 8.07. The lowest BCUT2D eigenvalue weighted by atomic mass is 10.0. The van der Waals surface area contributed by atoms with Gasteiger partial charge in [-0.2, -0.15) is 5.26 Å². The fraction of sp³-hybridized carbons (Fsp3) is 0.167. The van der Waals surface area contributed by atoms with E-state index >= 15 is 4.39 Å². The van der Waals surface area contributed by atoms with Crippen LogP contribution in [0.4, 0.5) is 4.39 Å². The molecular weight excluding hydrogens is 395 g/mol. The third-order valence-corrected chi connectivity index (χ3v) is 5.78. The van der Waals surface area contributed by atoms with Crippen LogP contribution >= 0.6 is 11.9 Å². The molecule has 0 saturated heterocycles. The average molecular weight is 417 g/mol. The van der Waals surface area contributed by atoms with Gasteiger partial charge in [0.1, 0.15) is 17.5 Å². The largest absolute Gasteiger partial charge is 0.305 e. The molecule has 0 bridgehead atoms. The van der Waals surface area contributed by atoms with Crippen molar-refractivity contribution in [1.29, 1.82) is 5.26 Å². The number of hydrogen-bond acceptors (Lipinski definition) is 4. The van der Waals surface area contributed by atoms with Crippen LogP contribution in [-0.2, 0) is 0 Å². The zero-order chi connectivity index (χ0) is 21.3. The highest BCUT2D eigenvalue weighted by molar-refractivity contribution is 7.97. The number of nitrogens with one attached hydrogen (secondary N) is 1. The second kappa shape index (κ2) is 7.94. The van der Waals surface area contributed by atoms with Gasteiger partial charge in [-0.05, 0) is 74.2 Å². The molecule has 2 aromatic carbocycles. The normalized spacial score (nSPS) is 11.6. The molecule has 30 heavy (non-hydrogen) atoms. The van der Waals surface area contributed by atoms with Crippen molar-refractivity contribution in [2.75, 3.05) is 0 Å². The molecule has 6 heteroatoms. The van der Waals surface area contributed by atoms with E-state index in [2.05, 4.69) is 36.5 Å². The minimum Gasteiger partial charge on any atom is -0.305 e. The van der Waals surface area contributed by atoms with Crippen molar-refractivity contribution in [2.24, 2.45) is 0 Å². The maximum Gasteiger partial charge on any atom is 0.137 e. The molecule has 0 amide bonds. The molecule has 4 rings (SSSR count). The Morgan fingerprint density at radius 1 is 1.03 bits per heavy atom. The minimum atomic E-state index is -0.333. The molecule has 0 fully saturated rings. The summed E-state index contributed by atoms with van der Waals surface area (Å²) in [6, 6.07) is 18.7. The molecule has 0 atom stereocenters. The highest BCUT2D eigenvalue weighted by atomic mass is 32.2. The van der Waals surface area contributed by atoms with Gasteiger partial charge in [0.05, 0.1) is 11.3 Å². The number of pyridine rings is 1. The van der Waals surface area contributed by atoms with E-state index in [1.54, 1.807) is 53.0 Å². The van der Waals surface area contributed by atoms with E-state index in [0.717, 1.165) is 16.0 Å². The number of aromatic nitrogens is 2. The maximum atomic E-state index is 15.1. The van der Waals surface area contributed by atoms with E-state index in [1.165, 1.54) is 0 Å². The van der Waals surface area contributed by atoms with E-state index in [1.807, 2.05) is 30.3 Å². The Bertz CT molecular complexity index is 1260. The summed E-state index contributed by atoms with van der Waals surface area (Å²) in [7, 11) is 0. The lowest BCUT2D eigenvalue weighted by Crippen LogP contribution is -2.29. The minimum absolute atomic E-state index is 0.0403. The van der Waals surface area contributed by atoms with Gasteiger partial charge in [-0.15, -0.1) is 0 Å². The summed E-state index contributed by atoms with van der Waals surface area (Å²) in [4.78, 5) is 5.53. The first-order chi connectivity index (χ1) is 14.3. The molecule has 0 aliphatic heterocycles. The molecule has 0 radical (unpaired) electrons. The number of rotatable bonds is 4. The number of benzene rings is 2. The van der Waals surface area contributed by atoms with E-state index in [9.17, 15) is 0 Å². The molecule has 2 aromatic heterocycles. The maximum absolute atomic E-state index is 15.1. The summed E-state index contributed by atoms with van der Waals surface area (Å²) in [5.41, 5.74) is 3.90. The Labute approximate surface area is 179 Å². The van der Waals surface area contributed by atoms with Crippen molar-refractivity contribution in [3.63, 3.8) is 0 Å². The van der Waals surface area contributed by atoms with Gasteiger partial charge in [0.2, 0.25) is 0 Å². The van der Waals surface area contributed by atoms with E-state index < -0.39 is 0 Å². The molecule has 0 aliphatic rings. The van der Waals surface area contributed by atoms with Crippen LogP contribution in [0.1, 0.15) is 26.3 Å². The van der Waals surface area contributed by atoms with Crippen LogP contribution in [0, 0.1) is 17.1 Å². The standard InChI is InChI=1S/C24H21FN4S/c1-24(2,3)28-30-22-7-5-4-6-18(22)17-9-10-19(20(25)12-17)21-15-29-14-16(13-26)8-11-23(29)27-21/h4-12,14-15,28H,1-3H3. The molecule has 0 unspecified atom stereocenters. The van der Waals surface area contributed by atoms with E-state index in [0.29, 0.717) is 22.5 Å². The van der Waals surface area contributed by atoms with Gasteiger partial charge in [-0.3, -0.25) is 4.72 Å². The van der Waals surface area contributed by atoms with Gasteiger partial charge in [-0.25, -0.2) is 9.37 Å². The summed E-state index contributed by atoms with van der Waals surface area (Å²) in [6.45, 7) is 6.31. The van der Waals surface area contributed by atoms with Crippen molar-refractivity contribution in [1.82, 2.24) is 14.1 Å². The van der Waals surface area contributed by atoms with Crippen molar-refractivity contribution in [3.8, 4) is 28.5 Å². The Morgan fingerprint density at radius 3 is 2.57 bits per heavy atom. The SMILES string of the molecule is CC(C)(C)NSc1ccccc1-c1ccc(-c2cn3cc(C#N)ccc3n2)c(F)c1. The number of nitriles is 1. The molecule has 4 aromatic rings. The highest BCUT2D eigenvalue weighted by Gasteiger charge is 2.15. The smallest absolute Gasteiger partial charge is 0.137 e. The monoisotopic (exact) mass is 416 g/mol. The molecule has 0 saturated carbocycles. The lowest BCUT2D eigenvalue weighted by molar-refractivity contribution is 0.535. The number of hydrogen-bond donors (Lipinski definition) is 1. The first kappa shape index (κ1) is 20.1. The average Bonchev–Trinajstić information content (AvgIpc) is 3.14. The Morgan fingerprint density at radius 2 is 1.83 bits per heavy atom. The first-order valence-electron chi connectivity index (χ1n) is 9.56. The lowest BCUT2D eigenvalue weighted by Gasteiger charge is -2.20. The van der Waals surface area contributed by atoms with E-state index in [-0.39, 0.29) is 11.4 Å². The fourth-order valence-corrected chi connectivity index (χ4v) is 3.94. The van der Waals surface area contributed by atoms with Crippen molar-refractivity contribution >= 4 is 17.6 Å². The number of fused-ring (bicyclic) bond motifs is 1. The van der Waals surface area contributed by atoms with Crippen LogP contribution in [0.25, 0.3) is 28.0 Å². The van der Waals surface area contributed by atoms with Crippen LogP contribution in [-0.4, -0.2) is 14.9 Å². The summed E-state index contributed by atoms with van der Waals surface area (Å²) < 4.78 is 20.2. The van der Waals surface area contributed by atoms with Crippen LogP contribution in [0.15, 0.2) is 71.9 Å². The topological polar surface area (TPSA) is 53.1 Å². The summed E-state index contributed by atoms with van der Waals surface area (Å²) >= 11 is 1.55. The number of imidazole rings is 1. The van der Waals surface area contributed by atoms with Crippen LogP contribution < -0.4 is 4.72 Å². The van der Waals surface area contributed by atoms with Crippen molar-refractivity contribution < 1.29 is 4.39 Å². The van der Waals surface area contributed by atoms with Gasteiger partial charge in [-0.1, -0.05) is 24.3 Å². The summed E-state index contributed by atoms with van der Waals surface area (Å²) in [5.74, 6) is -0.333. The molecule has 1 N–H and O–H groups in total. The zero-order valence-corrected chi connectivity index (χ0v) is 17.8. The predicted octanol–water partition coefficient (Wildman–Crippen LogP) is 6.07. The summed E-state index contributed by atoms with van der Waals surface area (Å²) in [5, 5.41) is 9.06. The molecule has 0 aliphatic carbocycles.